The minimum Gasteiger partial charge on any atom is -0.494 e. The molecule has 0 aliphatic carbocycles. The zero-order chi connectivity index (χ0) is 13.1. The standard InChI is InChI=1S/C15H26O2/c1-6-8-9-10-11-14(3)17-13-15(4,7-2)12-16-5/h8-11H,3,6-7,12-13H2,1-2,4-5H3/b9-8-,11-10-. The van der Waals surface area contributed by atoms with Crippen LogP contribution >= 0.6 is 0 Å². The summed E-state index contributed by atoms with van der Waals surface area (Å²) < 4.78 is 10.8. The summed E-state index contributed by atoms with van der Waals surface area (Å²) in [6.45, 7) is 11.6. The molecule has 0 radical (unpaired) electrons. The van der Waals surface area contributed by atoms with Crippen LogP contribution < -0.4 is 0 Å². The van der Waals surface area contributed by atoms with E-state index in [1.807, 2.05) is 18.2 Å². The van der Waals surface area contributed by atoms with Crippen LogP contribution in [0.15, 0.2) is 36.6 Å². The molecule has 0 aromatic heterocycles. The van der Waals surface area contributed by atoms with E-state index < -0.39 is 0 Å². The van der Waals surface area contributed by atoms with Gasteiger partial charge in [-0.05, 0) is 18.9 Å². The fourth-order valence-corrected chi connectivity index (χ4v) is 1.29. The summed E-state index contributed by atoms with van der Waals surface area (Å²) in [5, 5.41) is 0. The molecule has 1 unspecified atom stereocenters. The van der Waals surface area contributed by atoms with Crippen molar-refractivity contribution in [3.63, 3.8) is 0 Å². The van der Waals surface area contributed by atoms with Gasteiger partial charge in [-0.15, -0.1) is 0 Å². The first-order valence-corrected chi connectivity index (χ1v) is 6.22. The molecule has 0 rings (SSSR count). The summed E-state index contributed by atoms with van der Waals surface area (Å²) in [5.41, 5.74) is 0.0603. The molecule has 0 aromatic rings. The van der Waals surface area contributed by atoms with Gasteiger partial charge in [0.15, 0.2) is 0 Å². The Hall–Kier alpha value is -1.02. The third-order valence-electron chi connectivity index (χ3n) is 2.72. The SMILES string of the molecule is C=C(/C=C\C=C/CC)OCC(C)(CC)COC. The molecule has 0 aromatic carbocycles. The summed E-state index contributed by atoms with van der Waals surface area (Å²) in [6.07, 6.45) is 9.99. The van der Waals surface area contributed by atoms with E-state index >= 15 is 0 Å². The molecule has 0 bridgehead atoms. The first-order valence-electron chi connectivity index (χ1n) is 6.22. The molecule has 0 aliphatic rings. The molecule has 0 fully saturated rings. The quantitative estimate of drug-likeness (QED) is 0.445. The highest BCUT2D eigenvalue weighted by molar-refractivity contribution is 5.14. The second kappa shape index (κ2) is 9.06. The van der Waals surface area contributed by atoms with E-state index in [4.69, 9.17) is 9.47 Å². The second-order valence-corrected chi connectivity index (χ2v) is 4.55. The number of hydrogen-bond acceptors (Lipinski definition) is 2. The lowest BCUT2D eigenvalue weighted by atomic mass is 9.90. The van der Waals surface area contributed by atoms with Crippen molar-refractivity contribution < 1.29 is 9.47 Å². The van der Waals surface area contributed by atoms with E-state index in [2.05, 4.69) is 33.4 Å². The molecule has 0 aliphatic heterocycles. The van der Waals surface area contributed by atoms with Gasteiger partial charge in [-0.25, -0.2) is 0 Å². The Kier molecular flexibility index (Phi) is 8.51. The van der Waals surface area contributed by atoms with Gasteiger partial charge in [-0.2, -0.15) is 0 Å². The van der Waals surface area contributed by atoms with Crippen molar-refractivity contribution >= 4 is 0 Å². The van der Waals surface area contributed by atoms with Crippen LogP contribution in [0.2, 0.25) is 0 Å². The summed E-state index contributed by atoms with van der Waals surface area (Å²) >= 11 is 0. The van der Waals surface area contributed by atoms with Gasteiger partial charge in [-0.3, -0.25) is 0 Å². The van der Waals surface area contributed by atoms with Gasteiger partial charge < -0.3 is 9.47 Å². The van der Waals surface area contributed by atoms with Crippen molar-refractivity contribution in [1.82, 2.24) is 0 Å². The number of ether oxygens (including phenoxy) is 2. The van der Waals surface area contributed by atoms with Crippen molar-refractivity contribution in [2.45, 2.75) is 33.6 Å². The van der Waals surface area contributed by atoms with Crippen LogP contribution in [0.4, 0.5) is 0 Å². The fraction of sp³-hybridized carbons (Fsp3) is 0.600. The molecule has 2 heteroatoms. The average Bonchev–Trinajstić information content (AvgIpc) is 2.32. The third kappa shape index (κ3) is 7.81. The molecule has 17 heavy (non-hydrogen) atoms. The zero-order valence-corrected chi connectivity index (χ0v) is 11.7. The smallest absolute Gasteiger partial charge is 0.112 e. The topological polar surface area (TPSA) is 18.5 Å². The van der Waals surface area contributed by atoms with Crippen molar-refractivity contribution in [3.05, 3.63) is 36.6 Å². The molecule has 1 atom stereocenters. The van der Waals surface area contributed by atoms with Crippen LogP contribution in [0.25, 0.3) is 0 Å². The van der Waals surface area contributed by atoms with E-state index in [0.29, 0.717) is 19.0 Å². The predicted molar refractivity (Wildman–Crippen MR) is 73.9 cm³/mol. The lowest BCUT2D eigenvalue weighted by Gasteiger charge is -2.27. The molecule has 0 heterocycles. The molecule has 0 saturated heterocycles. The lowest BCUT2D eigenvalue weighted by Crippen LogP contribution is -2.27. The number of allylic oxidation sites excluding steroid dienone is 4. The van der Waals surface area contributed by atoms with Crippen molar-refractivity contribution in [2.75, 3.05) is 20.3 Å². The molecule has 0 amide bonds. The van der Waals surface area contributed by atoms with Crippen LogP contribution in [0.1, 0.15) is 33.6 Å². The predicted octanol–water partition coefficient (Wildman–Crippen LogP) is 4.10. The Morgan fingerprint density at radius 1 is 1.24 bits per heavy atom. The van der Waals surface area contributed by atoms with Crippen LogP contribution in [-0.4, -0.2) is 20.3 Å². The summed E-state index contributed by atoms with van der Waals surface area (Å²) in [6, 6.07) is 0. The van der Waals surface area contributed by atoms with Gasteiger partial charge in [0.25, 0.3) is 0 Å². The Morgan fingerprint density at radius 2 is 1.94 bits per heavy atom. The van der Waals surface area contributed by atoms with Gasteiger partial charge in [-0.1, -0.05) is 45.6 Å². The van der Waals surface area contributed by atoms with Gasteiger partial charge in [0.2, 0.25) is 0 Å². The maximum atomic E-state index is 5.64. The summed E-state index contributed by atoms with van der Waals surface area (Å²) in [4.78, 5) is 0. The van der Waals surface area contributed by atoms with E-state index in [1.165, 1.54) is 0 Å². The Morgan fingerprint density at radius 3 is 2.47 bits per heavy atom. The summed E-state index contributed by atoms with van der Waals surface area (Å²) in [5.74, 6) is 0.696. The minimum absolute atomic E-state index is 0.0603. The molecular formula is C15H26O2. The zero-order valence-electron chi connectivity index (χ0n) is 11.7. The van der Waals surface area contributed by atoms with Gasteiger partial charge in [0.1, 0.15) is 5.76 Å². The van der Waals surface area contributed by atoms with Crippen LogP contribution in [0.3, 0.4) is 0 Å². The molecule has 2 nitrogen and oxygen atoms in total. The minimum atomic E-state index is 0.0603. The molecular weight excluding hydrogens is 212 g/mol. The van der Waals surface area contributed by atoms with Crippen LogP contribution in [-0.2, 0) is 9.47 Å². The van der Waals surface area contributed by atoms with E-state index in [-0.39, 0.29) is 5.41 Å². The molecule has 98 valence electrons. The molecule has 0 spiro atoms. The Bertz CT molecular complexity index is 266. The molecule has 0 saturated carbocycles. The lowest BCUT2D eigenvalue weighted by molar-refractivity contribution is 0.0279. The maximum absolute atomic E-state index is 5.64. The van der Waals surface area contributed by atoms with E-state index in [0.717, 1.165) is 12.8 Å². The highest BCUT2D eigenvalue weighted by atomic mass is 16.5. The number of hydrogen-bond donors (Lipinski definition) is 0. The highest BCUT2D eigenvalue weighted by Crippen LogP contribution is 2.22. The summed E-state index contributed by atoms with van der Waals surface area (Å²) in [7, 11) is 1.72. The highest BCUT2D eigenvalue weighted by Gasteiger charge is 2.22. The normalized spacial score (nSPS) is 15.3. The number of methoxy groups -OCH3 is 1. The van der Waals surface area contributed by atoms with E-state index in [9.17, 15) is 0 Å². The van der Waals surface area contributed by atoms with Gasteiger partial charge in [0, 0.05) is 12.5 Å². The Balaban J connectivity index is 4.05. The van der Waals surface area contributed by atoms with Gasteiger partial charge in [0.05, 0.1) is 13.2 Å². The second-order valence-electron chi connectivity index (χ2n) is 4.55. The van der Waals surface area contributed by atoms with Gasteiger partial charge >= 0.3 is 0 Å². The first-order chi connectivity index (χ1) is 8.08. The number of rotatable bonds is 9. The van der Waals surface area contributed by atoms with E-state index in [1.54, 1.807) is 7.11 Å². The van der Waals surface area contributed by atoms with Crippen molar-refractivity contribution in [2.24, 2.45) is 5.41 Å². The maximum Gasteiger partial charge on any atom is 0.112 e. The fourth-order valence-electron chi connectivity index (χ4n) is 1.29. The monoisotopic (exact) mass is 238 g/mol. The van der Waals surface area contributed by atoms with Crippen molar-refractivity contribution in [1.29, 1.82) is 0 Å². The van der Waals surface area contributed by atoms with Crippen LogP contribution in [0.5, 0.6) is 0 Å². The first kappa shape index (κ1) is 16.0. The van der Waals surface area contributed by atoms with Crippen LogP contribution in [0, 0.1) is 5.41 Å². The molecule has 0 N–H and O–H groups in total. The van der Waals surface area contributed by atoms with Crippen molar-refractivity contribution in [3.8, 4) is 0 Å². The average molecular weight is 238 g/mol. The third-order valence-corrected chi connectivity index (χ3v) is 2.72. The Labute approximate surface area is 106 Å². The largest absolute Gasteiger partial charge is 0.494 e.